The van der Waals surface area contributed by atoms with E-state index in [4.69, 9.17) is 16.3 Å². The Kier molecular flexibility index (Phi) is 7.62. The third-order valence-corrected chi connectivity index (χ3v) is 4.79. The molecular weight excluding hydrogens is 430 g/mol. The summed E-state index contributed by atoms with van der Waals surface area (Å²) in [4.78, 5) is 30.1. The number of para-hydroxylation sites is 1. The summed E-state index contributed by atoms with van der Waals surface area (Å²) >= 11 is 6.28. The zero-order valence-electron chi connectivity index (χ0n) is 17.9. The van der Waals surface area contributed by atoms with Gasteiger partial charge in [-0.3, -0.25) is 9.59 Å². The third-order valence-electron chi connectivity index (χ3n) is 4.50. The van der Waals surface area contributed by atoms with E-state index in [1.165, 1.54) is 10.7 Å². The molecule has 9 heteroatoms. The summed E-state index contributed by atoms with van der Waals surface area (Å²) < 4.78 is 6.81. The molecule has 32 heavy (non-hydrogen) atoms. The van der Waals surface area contributed by atoms with Crippen molar-refractivity contribution in [3.8, 4) is 11.7 Å². The van der Waals surface area contributed by atoms with E-state index in [2.05, 4.69) is 27.3 Å². The highest BCUT2D eigenvalue weighted by molar-refractivity contribution is 6.32. The Morgan fingerprint density at radius 3 is 2.78 bits per heavy atom. The Morgan fingerprint density at radius 1 is 1.25 bits per heavy atom. The maximum absolute atomic E-state index is 13.3. The number of carbonyl (C=O) groups excluding carboxylic acids is 2. The Morgan fingerprint density at radius 2 is 2.06 bits per heavy atom. The summed E-state index contributed by atoms with van der Waals surface area (Å²) in [5, 5.41) is 10.3. The van der Waals surface area contributed by atoms with Gasteiger partial charge in [0.05, 0.1) is 16.3 Å². The third kappa shape index (κ3) is 5.15. The van der Waals surface area contributed by atoms with Crippen molar-refractivity contribution >= 4 is 29.1 Å². The highest BCUT2D eigenvalue weighted by Crippen LogP contribution is 2.25. The molecule has 0 fully saturated rings. The predicted octanol–water partition coefficient (Wildman–Crippen LogP) is 4.19. The molecule has 0 saturated carbocycles. The van der Waals surface area contributed by atoms with Gasteiger partial charge in [0.1, 0.15) is 12.3 Å². The van der Waals surface area contributed by atoms with Crippen LogP contribution in [0.5, 0.6) is 5.88 Å². The number of halogens is 1. The second kappa shape index (κ2) is 10.6. The monoisotopic (exact) mass is 453 g/mol. The molecule has 3 aromatic rings. The van der Waals surface area contributed by atoms with Crippen molar-refractivity contribution in [1.29, 1.82) is 0 Å². The molecule has 0 atom stereocenters. The second-order valence-electron chi connectivity index (χ2n) is 6.90. The average Bonchev–Trinajstić information content (AvgIpc) is 3.21. The summed E-state index contributed by atoms with van der Waals surface area (Å²) in [5.41, 5.74) is 1.68. The van der Waals surface area contributed by atoms with E-state index < -0.39 is 5.91 Å². The van der Waals surface area contributed by atoms with E-state index in [1.807, 2.05) is 19.9 Å². The summed E-state index contributed by atoms with van der Waals surface area (Å²) in [6.45, 7) is 8.15. The number of ether oxygens (including phenoxy) is 1. The van der Waals surface area contributed by atoms with Gasteiger partial charge in [-0.2, -0.15) is 0 Å². The van der Waals surface area contributed by atoms with Crippen LogP contribution < -0.4 is 15.4 Å². The van der Waals surface area contributed by atoms with E-state index in [1.54, 1.807) is 36.5 Å². The number of amides is 2. The zero-order valence-corrected chi connectivity index (χ0v) is 18.6. The van der Waals surface area contributed by atoms with Crippen molar-refractivity contribution in [2.45, 2.75) is 20.3 Å². The SMILES string of the molecule is C=CCOc1cc(C(=O)Nc2c(C)cccc2C(=O)NCCC)n(-c2ncccc2Cl)n1. The smallest absolute Gasteiger partial charge is 0.274 e. The minimum absolute atomic E-state index is 0.146. The minimum atomic E-state index is -0.494. The van der Waals surface area contributed by atoms with Crippen LogP contribution in [0.25, 0.3) is 5.82 Å². The van der Waals surface area contributed by atoms with Crippen LogP contribution in [0.4, 0.5) is 5.69 Å². The van der Waals surface area contributed by atoms with Gasteiger partial charge >= 0.3 is 0 Å². The van der Waals surface area contributed by atoms with Crippen molar-refractivity contribution in [1.82, 2.24) is 20.1 Å². The molecule has 0 bridgehead atoms. The number of carbonyl (C=O) groups is 2. The summed E-state index contributed by atoms with van der Waals surface area (Å²) in [6, 6.07) is 10.1. The van der Waals surface area contributed by atoms with E-state index in [0.29, 0.717) is 22.8 Å². The van der Waals surface area contributed by atoms with Gasteiger partial charge in [0.2, 0.25) is 5.88 Å². The molecular formula is C23H24ClN5O3. The molecule has 2 amide bonds. The molecule has 0 radical (unpaired) electrons. The number of benzene rings is 1. The van der Waals surface area contributed by atoms with Gasteiger partial charge in [-0.15, -0.1) is 5.10 Å². The van der Waals surface area contributed by atoms with Crippen molar-refractivity contribution in [3.63, 3.8) is 0 Å². The van der Waals surface area contributed by atoms with Gasteiger partial charge in [-0.25, -0.2) is 9.67 Å². The van der Waals surface area contributed by atoms with Crippen LogP contribution in [-0.4, -0.2) is 39.7 Å². The van der Waals surface area contributed by atoms with Crippen LogP contribution >= 0.6 is 11.6 Å². The molecule has 8 nitrogen and oxygen atoms in total. The van der Waals surface area contributed by atoms with Gasteiger partial charge in [0.15, 0.2) is 5.82 Å². The van der Waals surface area contributed by atoms with Gasteiger partial charge in [-0.05, 0) is 37.1 Å². The number of nitrogens with zero attached hydrogens (tertiary/aromatic N) is 3. The van der Waals surface area contributed by atoms with Crippen molar-refractivity contribution in [2.24, 2.45) is 0 Å². The molecule has 0 aliphatic carbocycles. The van der Waals surface area contributed by atoms with Crippen molar-refractivity contribution in [3.05, 3.63) is 77.1 Å². The first kappa shape index (κ1) is 23.0. The van der Waals surface area contributed by atoms with Gasteiger partial charge in [0, 0.05) is 18.8 Å². The molecule has 166 valence electrons. The first-order chi connectivity index (χ1) is 15.5. The van der Waals surface area contributed by atoms with Crippen LogP contribution in [-0.2, 0) is 0 Å². The number of hydrogen-bond acceptors (Lipinski definition) is 5. The highest BCUT2D eigenvalue weighted by atomic mass is 35.5. The normalized spacial score (nSPS) is 10.5. The minimum Gasteiger partial charge on any atom is -0.472 e. The number of nitrogens with one attached hydrogen (secondary N) is 2. The Balaban J connectivity index is 2.00. The zero-order chi connectivity index (χ0) is 23.1. The van der Waals surface area contributed by atoms with Crippen LogP contribution in [0.3, 0.4) is 0 Å². The maximum atomic E-state index is 13.3. The predicted molar refractivity (Wildman–Crippen MR) is 124 cm³/mol. The standard InChI is InChI=1S/C23H24ClN5O3/c1-4-11-26-22(30)16-9-6-8-15(3)20(16)27-23(31)18-14-19(32-13-5-2)28-29(18)21-17(24)10-7-12-25-21/h5-10,12,14H,2,4,11,13H2,1,3H3,(H,26,30)(H,27,31). The first-order valence-electron chi connectivity index (χ1n) is 10.1. The molecule has 2 aromatic heterocycles. The fourth-order valence-electron chi connectivity index (χ4n) is 2.96. The second-order valence-corrected chi connectivity index (χ2v) is 7.30. The van der Waals surface area contributed by atoms with Crippen molar-refractivity contribution in [2.75, 3.05) is 18.5 Å². The Labute approximate surface area is 191 Å². The Hall–Kier alpha value is -3.65. The van der Waals surface area contributed by atoms with Crippen LogP contribution in [0.2, 0.25) is 5.02 Å². The van der Waals surface area contributed by atoms with Gasteiger partial charge < -0.3 is 15.4 Å². The maximum Gasteiger partial charge on any atom is 0.274 e. The topological polar surface area (TPSA) is 98.1 Å². The van der Waals surface area contributed by atoms with Gasteiger partial charge in [-0.1, -0.05) is 43.3 Å². The van der Waals surface area contributed by atoms with Crippen LogP contribution in [0, 0.1) is 6.92 Å². The fourth-order valence-corrected chi connectivity index (χ4v) is 3.17. The first-order valence-corrected chi connectivity index (χ1v) is 10.5. The number of rotatable bonds is 9. The lowest BCUT2D eigenvalue weighted by Gasteiger charge is -2.14. The number of aryl methyl sites for hydroxylation is 1. The summed E-state index contributed by atoms with van der Waals surface area (Å²) in [7, 11) is 0. The highest BCUT2D eigenvalue weighted by Gasteiger charge is 2.22. The number of anilines is 1. The Bertz CT molecular complexity index is 1140. The van der Waals surface area contributed by atoms with Gasteiger partial charge in [0.25, 0.3) is 11.8 Å². The number of aromatic nitrogens is 3. The lowest BCUT2D eigenvalue weighted by atomic mass is 10.1. The molecule has 0 spiro atoms. The van der Waals surface area contributed by atoms with E-state index in [-0.39, 0.29) is 29.9 Å². The van der Waals surface area contributed by atoms with E-state index >= 15 is 0 Å². The lowest BCUT2D eigenvalue weighted by molar-refractivity contribution is 0.0954. The molecule has 0 aliphatic heterocycles. The van der Waals surface area contributed by atoms with Crippen LogP contribution in [0.1, 0.15) is 39.8 Å². The quantitative estimate of drug-likeness (QED) is 0.473. The molecule has 0 aliphatic rings. The average molecular weight is 454 g/mol. The molecule has 2 N–H and O–H groups in total. The number of pyridine rings is 1. The van der Waals surface area contributed by atoms with E-state index in [0.717, 1.165) is 12.0 Å². The van der Waals surface area contributed by atoms with E-state index in [9.17, 15) is 9.59 Å². The summed E-state index contributed by atoms with van der Waals surface area (Å²) in [5.74, 6) is -0.269. The molecule has 3 rings (SSSR count). The number of hydrogen-bond donors (Lipinski definition) is 2. The fraction of sp³-hybridized carbons (Fsp3) is 0.217. The van der Waals surface area contributed by atoms with Crippen molar-refractivity contribution < 1.29 is 14.3 Å². The summed E-state index contributed by atoms with van der Waals surface area (Å²) in [6.07, 6.45) is 3.92. The molecule has 0 unspecified atom stereocenters. The van der Waals surface area contributed by atoms with Crippen LogP contribution in [0.15, 0.2) is 55.3 Å². The molecule has 2 heterocycles. The molecule has 0 saturated heterocycles. The largest absolute Gasteiger partial charge is 0.472 e. The lowest BCUT2D eigenvalue weighted by Crippen LogP contribution is -2.26. The molecule has 1 aromatic carbocycles.